The molecule has 3 rings (SSSR count). The number of aromatic nitrogens is 1. The number of fused-ring (bicyclic) bond motifs is 1. The zero-order valence-electron chi connectivity index (χ0n) is 11.7. The molecule has 0 saturated heterocycles. The predicted octanol–water partition coefficient (Wildman–Crippen LogP) is 3.84. The van der Waals surface area contributed by atoms with E-state index in [1.807, 2.05) is 0 Å². The van der Waals surface area contributed by atoms with Crippen molar-refractivity contribution >= 4 is 42.6 Å². The molecule has 0 spiro atoms. The van der Waals surface area contributed by atoms with Crippen LogP contribution in [-0.4, -0.2) is 18.2 Å². The zero-order valence-corrected chi connectivity index (χ0v) is 14.1. The summed E-state index contributed by atoms with van der Waals surface area (Å²) in [4.78, 5) is 12.1. The Hall–Kier alpha value is -1.92. The number of para-hydroxylation sites is 1. The van der Waals surface area contributed by atoms with Crippen molar-refractivity contribution in [3.63, 3.8) is 0 Å². The number of halogens is 1. The fourth-order valence-corrected chi connectivity index (χ4v) is 5.14. The average molecular weight is 378 g/mol. The molecule has 0 radical (unpaired) electrons. The van der Waals surface area contributed by atoms with Gasteiger partial charge in [0.05, 0.1) is 16.0 Å². The molecule has 4 nitrogen and oxygen atoms in total. The first kappa shape index (κ1) is 15.0. The van der Waals surface area contributed by atoms with E-state index in [-0.39, 0.29) is 15.3 Å². The van der Waals surface area contributed by atoms with Crippen LogP contribution in [0.4, 0.5) is 0 Å². The van der Waals surface area contributed by atoms with Gasteiger partial charge in [0.25, 0.3) is 10.0 Å². The van der Waals surface area contributed by atoms with Crippen molar-refractivity contribution in [3.8, 4) is 0 Å². The van der Waals surface area contributed by atoms with Crippen LogP contribution in [0, 0.1) is 0 Å². The molecule has 3 aromatic rings. The zero-order chi connectivity index (χ0) is 15.9. The first-order valence-corrected chi connectivity index (χ1v) is 8.78. The van der Waals surface area contributed by atoms with Crippen molar-refractivity contribution in [2.45, 2.75) is 11.8 Å². The van der Waals surface area contributed by atoms with Gasteiger partial charge in [-0.1, -0.05) is 36.4 Å². The number of benzene rings is 2. The molecule has 0 aliphatic rings. The number of carbonyl (C=O) groups is 1. The first-order chi connectivity index (χ1) is 10.4. The van der Waals surface area contributed by atoms with E-state index in [4.69, 9.17) is 0 Å². The molecule has 1 heterocycles. The van der Waals surface area contributed by atoms with Crippen LogP contribution in [-0.2, 0) is 10.0 Å². The van der Waals surface area contributed by atoms with Crippen LogP contribution in [0.1, 0.15) is 17.3 Å². The SMILES string of the molecule is CC(=O)c1c(Br)n(S(=O)(=O)c2ccccc2)c2ccccc12. The minimum Gasteiger partial charge on any atom is -0.294 e. The normalized spacial score (nSPS) is 11.7. The molecule has 112 valence electrons. The Labute approximate surface area is 136 Å². The predicted molar refractivity (Wildman–Crippen MR) is 88.7 cm³/mol. The lowest BCUT2D eigenvalue weighted by Crippen LogP contribution is -2.13. The van der Waals surface area contributed by atoms with Gasteiger partial charge in [-0.3, -0.25) is 4.79 Å². The second-order valence-electron chi connectivity index (χ2n) is 4.82. The Bertz CT molecular complexity index is 975. The topological polar surface area (TPSA) is 56.1 Å². The van der Waals surface area contributed by atoms with E-state index in [2.05, 4.69) is 15.9 Å². The van der Waals surface area contributed by atoms with Crippen molar-refractivity contribution in [1.29, 1.82) is 0 Å². The molecular formula is C16H12BrNO3S. The van der Waals surface area contributed by atoms with Crippen molar-refractivity contribution in [1.82, 2.24) is 3.97 Å². The Morgan fingerprint density at radius 1 is 1.00 bits per heavy atom. The van der Waals surface area contributed by atoms with Crippen LogP contribution in [0.3, 0.4) is 0 Å². The van der Waals surface area contributed by atoms with Gasteiger partial charge in [0, 0.05) is 5.39 Å². The minimum atomic E-state index is -3.79. The molecule has 0 unspecified atom stereocenters. The number of rotatable bonds is 3. The number of hydrogen-bond acceptors (Lipinski definition) is 3. The average Bonchev–Trinajstić information content (AvgIpc) is 2.80. The van der Waals surface area contributed by atoms with E-state index in [1.165, 1.54) is 23.0 Å². The molecular weight excluding hydrogens is 366 g/mol. The van der Waals surface area contributed by atoms with Crippen molar-refractivity contribution < 1.29 is 13.2 Å². The second kappa shape index (κ2) is 5.37. The van der Waals surface area contributed by atoms with Gasteiger partial charge in [0.2, 0.25) is 0 Å². The van der Waals surface area contributed by atoms with E-state index < -0.39 is 10.0 Å². The highest BCUT2D eigenvalue weighted by Crippen LogP contribution is 2.34. The molecule has 0 saturated carbocycles. The maximum Gasteiger partial charge on any atom is 0.269 e. The lowest BCUT2D eigenvalue weighted by Gasteiger charge is -2.09. The molecule has 22 heavy (non-hydrogen) atoms. The van der Waals surface area contributed by atoms with Gasteiger partial charge < -0.3 is 0 Å². The Morgan fingerprint density at radius 3 is 2.23 bits per heavy atom. The summed E-state index contributed by atoms with van der Waals surface area (Å²) in [6.45, 7) is 1.42. The number of carbonyl (C=O) groups excluding carboxylic acids is 1. The fraction of sp³-hybridized carbons (Fsp3) is 0.0625. The monoisotopic (exact) mass is 377 g/mol. The van der Waals surface area contributed by atoms with Gasteiger partial charge in [-0.05, 0) is 41.1 Å². The molecule has 6 heteroatoms. The second-order valence-corrected chi connectivity index (χ2v) is 7.36. The summed E-state index contributed by atoms with van der Waals surface area (Å²) in [5.74, 6) is -0.190. The largest absolute Gasteiger partial charge is 0.294 e. The third-order valence-electron chi connectivity index (χ3n) is 3.41. The van der Waals surface area contributed by atoms with Gasteiger partial charge in [0.15, 0.2) is 5.78 Å². The van der Waals surface area contributed by atoms with Crippen molar-refractivity contribution in [2.24, 2.45) is 0 Å². The summed E-state index contributed by atoms with van der Waals surface area (Å²) >= 11 is 3.29. The van der Waals surface area contributed by atoms with Gasteiger partial charge >= 0.3 is 0 Å². The summed E-state index contributed by atoms with van der Waals surface area (Å²) in [6.07, 6.45) is 0. The Kier molecular flexibility index (Phi) is 3.66. The standard InChI is InChI=1S/C16H12BrNO3S/c1-11(19)15-13-9-5-6-10-14(13)18(16(15)17)22(20,21)12-7-3-2-4-8-12/h2-10H,1H3. The first-order valence-electron chi connectivity index (χ1n) is 6.55. The van der Waals surface area contributed by atoms with Gasteiger partial charge in [-0.25, -0.2) is 12.4 Å². The third-order valence-corrected chi connectivity index (χ3v) is 6.12. The van der Waals surface area contributed by atoms with E-state index in [9.17, 15) is 13.2 Å². The molecule has 0 N–H and O–H groups in total. The van der Waals surface area contributed by atoms with Crippen LogP contribution in [0.25, 0.3) is 10.9 Å². The molecule has 0 fully saturated rings. The Morgan fingerprint density at radius 2 is 1.59 bits per heavy atom. The summed E-state index contributed by atoms with van der Waals surface area (Å²) in [5, 5.41) is 0.612. The highest BCUT2D eigenvalue weighted by Gasteiger charge is 2.26. The molecule has 0 aliphatic heterocycles. The minimum absolute atomic E-state index is 0.173. The highest BCUT2D eigenvalue weighted by atomic mass is 79.9. The van der Waals surface area contributed by atoms with Crippen LogP contribution in [0.5, 0.6) is 0 Å². The van der Waals surface area contributed by atoms with E-state index >= 15 is 0 Å². The molecule has 0 atom stereocenters. The van der Waals surface area contributed by atoms with Crippen LogP contribution >= 0.6 is 15.9 Å². The maximum absolute atomic E-state index is 12.9. The smallest absolute Gasteiger partial charge is 0.269 e. The molecule has 0 aliphatic carbocycles. The van der Waals surface area contributed by atoms with Crippen molar-refractivity contribution in [3.05, 3.63) is 64.8 Å². The fourth-order valence-electron chi connectivity index (χ4n) is 2.45. The molecule has 0 bridgehead atoms. The summed E-state index contributed by atoms with van der Waals surface area (Å²) in [5.41, 5.74) is 0.846. The number of nitrogens with zero attached hydrogens (tertiary/aromatic N) is 1. The van der Waals surface area contributed by atoms with Crippen LogP contribution in [0.2, 0.25) is 0 Å². The van der Waals surface area contributed by atoms with E-state index in [0.29, 0.717) is 16.5 Å². The third kappa shape index (κ3) is 2.19. The number of ketones is 1. The van der Waals surface area contributed by atoms with Crippen molar-refractivity contribution in [2.75, 3.05) is 0 Å². The quantitative estimate of drug-likeness (QED) is 0.651. The van der Waals surface area contributed by atoms with Crippen LogP contribution < -0.4 is 0 Å². The summed E-state index contributed by atoms with van der Waals surface area (Å²) in [7, 11) is -3.79. The van der Waals surface area contributed by atoms with E-state index in [1.54, 1.807) is 42.5 Å². The van der Waals surface area contributed by atoms with Gasteiger partial charge in [0.1, 0.15) is 4.60 Å². The lowest BCUT2D eigenvalue weighted by atomic mass is 10.1. The summed E-state index contributed by atoms with van der Waals surface area (Å²) in [6, 6.07) is 15.1. The van der Waals surface area contributed by atoms with Gasteiger partial charge in [-0.15, -0.1) is 0 Å². The molecule has 1 aromatic heterocycles. The molecule has 2 aromatic carbocycles. The van der Waals surface area contributed by atoms with Gasteiger partial charge in [-0.2, -0.15) is 0 Å². The summed E-state index contributed by atoms with van der Waals surface area (Å²) < 4.78 is 27.3. The highest BCUT2D eigenvalue weighted by molar-refractivity contribution is 9.10. The Balaban J connectivity index is 2.42. The molecule has 0 amide bonds. The number of hydrogen-bond donors (Lipinski definition) is 0. The van der Waals surface area contributed by atoms with Crippen LogP contribution in [0.15, 0.2) is 64.1 Å². The maximum atomic E-state index is 12.9. The lowest BCUT2D eigenvalue weighted by molar-refractivity contribution is 0.101. The van der Waals surface area contributed by atoms with E-state index in [0.717, 1.165) is 0 Å². The number of Topliss-reactive ketones (excluding diaryl/α,β-unsaturated/α-hetero) is 1.